The number of amides is 3. The van der Waals surface area contributed by atoms with Gasteiger partial charge in [-0.25, -0.2) is 9.18 Å². The number of rotatable bonds is 5. The molecule has 142 valence electrons. The van der Waals surface area contributed by atoms with Gasteiger partial charge in [0.1, 0.15) is 44.3 Å². The molecule has 3 N–H and O–H groups in total. The van der Waals surface area contributed by atoms with Crippen molar-refractivity contribution < 1.29 is 28.5 Å². The van der Waals surface area contributed by atoms with Gasteiger partial charge in [0.05, 0.1) is 12.7 Å². The van der Waals surface area contributed by atoms with Crippen LogP contribution in [-0.4, -0.2) is 69.3 Å². The average Bonchev–Trinajstić information content (AvgIpc) is 3.07. The Kier molecular flexibility index (Phi) is 5.73. The molecule has 0 saturated carbocycles. The van der Waals surface area contributed by atoms with E-state index in [-0.39, 0.29) is 23.8 Å². The van der Waals surface area contributed by atoms with Crippen molar-refractivity contribution in [1.29, 1.82) is 0 Å². The zero-order valence-electron chi connectivity index (χ0n) is 15.3. The summed E-state index contributed by atoms with van der Waals surface area (Å²) in [5, 5.41) is 2.67. The molecule has 0 radical (unpaired) electrons. The first kappa shape index (κ1) is 18.6. The Hall–Kier alpha value is -2.19. The summed E-state index contributed by atoms with van der Waals surface area (Å²) in [6.45, 7) is 7.03. The van der Waals surface area contributed by atoms with E-state index in [0.717, 1.165) is 31.7 Å². The lowest BCUT2D eigenvalue weighted by atomic mass is 10.1. The van der Waals surface area contributed by atoms with Crippen LogP contribution in [0, 0.1) is 5.82 Å². The van der Waals surface area contributed by atoms with Crippen molar-refractivity contribution >= 4 is 11.9 Å². The largest absolute Gasteiger partial charge is 0.496 e. The summed E-state index contributed by atoms with van der Waals surface area (Å²) in [4.78, 5) is 28.1. The molecule has 0 spiro atoms. The van der Waals surface area contributed by atoms with E-state index in [9.17, 15) is 14.0 Å². The highest BCUT2D eigenvalue weighted by molar-refractivity contribution is 5.97. The molecule has 8 heteroatoms. The van der Waals surface area contributed by atoms with Crippen LogP contribution in [0.15, 0.2) is 18.2 Å². The van der Waals surface area contributed by atoms with Gasteiger partial charge < -0.3 is 19.9 Å². The summed E-state index contributed by atoms with van der Waals surface area (Å²) in [7, 11) is 1.59. The highest BCUT2D eigenvalue weighted by Crippen LogP contribution is 2.18. The zero-order chi connectivity index (χ0) is 18.7. The Labute approximate surface area is 152 Å². The van der Waals surface area contributed by atoms with Gasteiger partial charge in [0.15, 0.2) is 6.04 Å². The monoisotopic (exact) mass is 366 g/mol. The molecular weight excluding hydrogens is 339 g/mol. The summed E-state index contributed by atoms with van der Waals surface area (Å²) in [5.41, 5.74) is 0.865. The molecule has 0 unspecified atom stereocenters. The van der Waals surface area contributed by atoms with Crippen molar-refractivity contribution in [1.82, 2.24) is 10.2 Å². The van der Waals surface area contributed by atoms with E-state index in [4.69, 9.17) is 4.74 Å². The summed E-state index contributed by atoms with van der Waals surface area (Å²) in [6.07, 6.45) is 0. The number of nitrogens with one attached hydrogen (secondary N) is 3. The molecule has 1 aromatic carbocycles. The molecule has 3 amide bonds. The normalized spacial score (nSPS) is 24.3. The lowest BCUT2D eigenvalue weighted by Gasteiger charge is -2.33. The molecule has 1 atom stereocenters. The molecule has 2 aliphatic rings. The predicted octanol–water partition coefficient (Wildman–Crippen LogP) is -1.94. The fourth-order valence-electron chi connectivity index (χ4n) is 3.78. The van der Waals surface area contributed by atoms with Crippen LogP contribution in [0.5, 0.6) is 5.75 Å². The van der Waals surface area contributed by atoms with Gasteiger partial charge >= 0.3 is 6.03 Å². The number of nitrogens with zero attached hydrogens (tertiary/aromatic N) is 1. The molecule has 26 heavy (non-hydrogen) atoms. The second kappa shape index (κ2) is 8.01. The number of carbonyl (C=O) groups excluding carboxylic acids is 2. The molecule has 3 rings (SSSR count). The van der Waals surface area contributed by atoms with Crippen LogP contribution < -0.4 is 19.9 Å². The Morgan fingerprint density at radius 2 is 2.08 bits per heavy atom. The van der Waals surface area contributed by atoms with Crippen LogP contribution in [0.1, 0.15) is 12.5 Å². The van der Waals surface area contributed by atoms with Crippen molar-refractivity contribution in [3.05, 3.63) is 29.6 Å². The third kappa shape index (κ3) is 3.96. The van der Waals surface area contributed by atoms with Crippen molar-refractivity contribution in [3.8, 4) is 5.75 Å². The van der Waals surface area contributed by atoms with E-state index < -0.39 is 0 Å². The molecule has 2 saturated heterocycles. The van der Waals surface area contributed by atoms with E-state index in [0.29, 0.717) is 25.4 Å². The number of hydrogen-bond acceptors (Lipinski definition) is 3. The minimum absolute atomic E-state index is 0.106. The van der Waals surface area contributed by atoms with Crippen LogP contribution in [0.2, 0.25) is 0 Å². The first-order chi connectivity index (χ1) is 12.5. The number of benzene rings is 1. The summed E-state index contributed by atoms with van der Waals surface area (Å²) >= 11 is 0. The second-order valence-electron chi connectivity index (χ2n) is 6.98. The van der Waals surface area contributed by atoms with Crippen molar-refractivity contribution in [2.45, 2.75) is 19.5 Å². The summed E-state index contributed by atoms with van der Waals surface area (Å²) < 4.78 is 18.9. The number of urea groups is 1. The average molecular weight is 366 g/mol. The maximum Gasteiger partial charge on any atom is 0.324 e. The van der Waals surface area contributed by atoms with Crippen molar-refractivity contribution in [3.63, 3.8) is 0 Å². The van der Waals surface area contributed by atoms with Crippen LogP contribution in [-0.2, 0) is 11.3 Å². The fraction of sp³-hybridized carbons (Fsp3) is 0.556. The van der Waals surface area contributed by atoms with E-state index in [1.54, 1.807) is 13.2 Å². The minimum Gasteiger partial charge on any atom is -0.496 e. The SMILES string of the molecule is COc1ccc(F)cc1C[NH+]1CC[NH+]([C@@H](C)C(=O)N2CCNC2=O)CC1. The quantitative estimate of drug-likeness (QED) is 0.568. The third-order valence-electron chi connectivity index (χ3n) is 5.39. The topological polar surface area (TPSA) is 67.5 Å². The smallest absolute Gasteiger partial charge is 0.324 e. The van der Waals surface area contributed by atoms with E-state index in [1.807, 2.05) is 6.92 Å². The van der Waals surface area contributed by atoms with E-state index >= 15 is 0 Å². The summed E-state index contributed by atoms with van der Waals surface area (Å²) in [6, 6.07) is 4.07. The minimum atomic E-state index is -0.288. The number of ether oxygens (including phenoxy) is 1. The number of piperazine rings is 1. The Bertz CT molecular complexity index is 676. The molecule has 1 aromatic rings. The molecule has 7 nitrogen and oxygen atoms in total. The van der Waals surface area contributed by atoms with Gasteiger partial charge in [0, 0.05) is 13.1 Å². The molecule has 0 aromatic heterocycles. The van der Waals surface area contributed by atoms with E-state index in [1.165, 1.54) is 26.8 Å². The van der Waals surface area contributed by atoms with Gasteiger partial charge in [-0.15, -0.1) is 0 Å². The fourth-order valence-corrected chi connectivity index (χ4v) is 3.78. The van der Waals surface area contributed by atoms with Crippen LogP contribution >= 0.6 is 0 Å². The predicted molar refractivity (Wildman–Crippen MR) is 92.6 cm³/mol. The second-order valence-corrected chi connectivity index (χ2v) is 6.98. The molecule has 2 fully saturated rings. The van der Waals surface area contributed by atoms with Gasteiger partial charge in [-0.2, -0.15) is 0 Å². The molecule has 2 heterocycles. The molecule has 2 aliphatic heterocycles. The van der Waals surface area contributed by atoms with Crippen LogP contribution in [0.4, 0.5) is 9.18 Å². The van der Waals surface area contributed by atoms with Crippen molar-refractivity contribution in [2.75, 3.05) is 46.4 Å². The maximum atomic E-state index is 13.5. The van der Waals surface area contributed by atoms with Gasteiger partial charge in [0.2, 0.25) is 0 Å². The van der Waals surface area contributed by atoms with Crippen LogP contribution in [0.25, 0.3) is 0 Å². The van der Waals surface area contributed by atoms with Crippen LogP contribution in [0.3, 0.4) is 0 Å². The van der Waals surface area contributed by atoms with Crippen molar-refractivity contribution in [2.24, 2.45) is 0 Å². The van der Waals surface area contributed by atoms with Gasteiger partial charge in [-0.05, 0) is 25.1 Å². The lowest BCUT2D eigenvalue weighted by Crippen LogP contribution is -3.29. The number of methoxy groups -OCH3 is 1. The summed E-state index contributed by atoms with van der Waals surface area (Å²) in [5.74, 6) is 0.343. The lowest BCUT2D eigenvalue weighted by molar-refractivity contribution is -1.02. The molecule has 0 bridgehead atoms. The third-order valence-corrected chi connectivity index (χ3v) is 5.39. The number of halogens is 1. The first-order valence-corrected chi connectivity index (χ1v) is 9.09. The maximum absolute atomic E-state index is 13.5. The molecule has 0 aliphatic carbocycles. The Morgan fingerprint density at radius 1 is 1.35 bits per heavy atom. The standard InChI is InChI=1S/C18H25FN4O3/c1-13(17(24)23-6-5-20-18(23)25)22-9-7-21(8-10-22)12-14-11-15(19)3-4-16(14)26-2/h3-4,11,13H,5-10,12H2,1-2H3,(H,20,25)/p+2/t13-/m0/s1. The first-order valence-electron chi connectivity index (χ1n) is 9.09. The molecular formula is C18H27FN4O3+2. The zero-order valence-corrected chi connectivity index (χ0v) is 15.3. The highest BCUT2D eigenvalue weighted by atomic mass is 19.1. The number of hydrogen-bond donors (Lipinski definition) is 3. The van der Waals surface area contributed by atoms with E-state index in [2.05, 4.69) is 5.32 Å². The van der Waals surface area contributed by atoms with Gasteiger partial charge in [-0.1, -0.05) is 0 Å². The Balaban J connectivity index is 1.55. The van der Waals surface area contributed by atoms with Gasteiger partial charge in [-0.3, -0.25) is 9.69 Å². The highest BCUT2D eigenvalue weighted by Gasteiger charge is 2.37. The number of imide groups is 1. The van der Waals surface area contributed by atoms with Gasteiger partial charge in [0.25, 0.3) is 5.91 Å². The Morgan fingerprint density at radius 3 is 2.69 bits per heavy atom. The number of quaternary nitrogens is 2. The number of carbonyl (C=O) groups is 2.